The molecule has 1 aromatic heterocycles. The lowest BCUT2D eigenvalue weighted by Gasteiger charge is -2.04. The largest absolute Gasteiger partial charge is 0.472 e. The van der Waals surface area contributed by atoms with Crippen LogP contribution in [0.2, 0.25) is 0 Å². The molecule has 0 saturated heterocycles. The van der Waals surface area contributed by atoms with Gasteiger partial charge in [0.15, 0.2) is 5.78 Å². The number of Topliss-reactive ketones (excluding diaryl/α,β-unsaturated/α-hetero) is 1. The second kappa shape index (κ2) is 5.44. The highest BCUT2D eigenvalue weighted by Gasteiger charge is 2.09. The number of carbonyl (C=O) groups is 1. The minimum atomic E-state index is -2.86. The van der Waals surface area contributed by atoms with E-state index in [4.69, 9.17) is 4.42 Å². The van der Waals surface area contributed by atoms with Crippen LogP contribution in [-0.2, 0) is 6.42 Å². The number of hydrogen-bond donors (Lipinski definition) is 0. The van der Waals surface area contributed by atoms with Gasteiger partial charge in [-0.05, 0) is 35.9 Å². The fourth-order valence-corrected chi connectivity index (χ4v) is 1.50. The van der Waals surface area contributed by atoms with Gasteiger partial charge in [0.25, 0.3) is 0 Å². The molecule has 0 aliphatic rings. The van der Waals surface area contributed by atoms with Crippen LogP contribution in [0.15, 0.2) is 47.3 Å². The topological polar surface area (TPSA) is 39.4 Å². The maximum absolute atomic E-state index is 11.9. The molecule has 3 nitrogen and oxygen atoms in total. The number of rotatable bonds is 5. The molecule has 0 bridgehead atoms. The molecule has 0 fully saturated rings. The van der Waals surface area contributed by atoms with Gasteiger partial charge in [0, 0.05) is 12.0 Å². The van der Waals surface area contributed by atoms with Crippen LogP contribution in [0.1, 0.15) is 15.9 Å². The van der Waals surface area contributed by atoms with Gasteiger partial charge in [-0.2, -0.15) is 8.78 Å². The molecular formula is C13H10F2O3. The maximum Gasteiger partial charge on any atom is 0.387 e. The average molecular weight is 252 g/mol. The molecule has 0 unspecified atom stereocenters. The van der Waals surface area contributed by atoms with Crippen LogP contribution in [0.3, 0.4) is 0 Å². The Balaban J connectivity index is 2.03. The van der Waals surface area contributed by atoms with Gasteiger partial charge in [-0.3, -0.25) is 4.79 Å². The maximum atomic E-state index is 11.9. The Hall–Kier alpha value is -2.17. The molecule has 2 rings (SSSR count). The molecule has 1 heterocycles. The standard InChI is InChI=1S/C13H10F2O3/c14-13(15)18-11-3-1-10(2-4-11)12(16)7-9-5-6-17-8-9/h1-6,8,13H,7H2. The summed E-state index contributed by atoms with van der Waals surface area (Å²) in [6, 6.07) is 7.30. The summed E-state index contributed by atoms with van der Waals surface area (Å²) in [5.74, 6) is -0.0788. The van der Waals surface area contributed by atoms with Crippen LogP contribution >= 0.6 is 0 Å². The third-order valence-corrected chi connectivity index (χ3v) is 2.35. The van der Waals surface area contributed by atoms with Crippen LogP contribution in [0.25, 0.3) is 0 Å². The van der Waals surface area contributed by atoms with E-state index >= 15 is 0 Å². The van der Waals surface area contributed by atoms with Crippen molar-refractivity contribution in [3.8, 4) is 5.75 Å². The SMILES string of the molecule is O=C(Cc1ccoc1)c1ccc(OC(F)F)cc1. The first-order valence-corrected chi connectivity index (χ1v) is 5.24. The van der Waals surface area contributed by atoms with E-state index in [1.807, 2.05) is 0 Å². The number of ether oxygens (including phenoxy) is 1. The summed E-state index contributed by atoms with van der Waals surface area (Å²) in [5, 5.41) is 0. The van der Waals surface area contributed by atoms with E-state index in [-0.39, 0.29) is 18.0 Å². The highest BCUT2D eigenvalue weighted by molar-refractivity contribution is 5.97. The van der Waals surface area contributed by atoms with Crippen LogP contribution < -0.4 is 4.74 Å². The number of halogens is 2. The van der Waals surface area contributed by atoms with Gasteiger partial charge >= 0.3 is 6.61 Å². The van der Waals surface area contributed by atoms with Crippen LogP contribution in [0.4, 0.5) is 8.78 Å². The van der Waals surface area contributed by atoms with Crippen molar-refractivity contribution in [2.24, 2.45) is 0 Å². The summed E-state index contributed by atoms with van der Waals surface area (Å²) < 4.78 is 32.9. The summed E-state index contributed by atoms with van der Waals surface area (Å²) in [6.07, 6.45) is 3.19. The van der Waals surface area contributed by atoms with Crippen molar-refractivity contribution in [1.29, 1.82) is 0 Å². The molecule has 0 atom stereocenters. The first kappa shape index (κ1) is 12.3. The third kappa shape index (κ3) is 3.16. The van der Waals surface area contributed by atoms with Crippen LogP contribution in [-0.4, -0.2) is 12.4 Å². The predicted octanol–water partition coefficient (Wildman–Crippen LogP) is 3.31. The zero-order valence-electron chi connectivity index (χ0n) is 9.31. The van der Waals surface area contributed by atoms with Crippen molar-refractivity contribution >= 4 is 5.78 Å². The van der Waals surface area contributed by atoms with E-state index in [0.717, 1.165) is 5.56 Å². The van der Waals surface area contributed by atoms with E-state index in [1.165, 1.54) is 36.8 Å². The van der Waals surface area contributed by atoms with Crippen molar-refractivity contribution < 1.29 is 22.7 Å². The summed E-state index contributed by atoms with van der Waals surface area (Å²) >= 11 is 0. The number of ketones is 1. The quantitative estimate of drug-likeness (QED) is 0.766. The molecule has 18 heavy (non-hydrogen) atoms. The second-order valence-corrected chi connectivity index (χ2v) is 3.63. The second-order valence-electron chi connectivity index (χ2n) is 3.63. The smallest absolute Gasteiger partial charge is 0.387 e. The molecular weight excluding hydrogens is 242 g/mol. The number of furan rings is 1. The Labute approximate surface area is 102 Å². The van der Waals surface area contributed by atoms with Crippen molar-refractivity contribution in [2.45, 2.75) is 13.0 Å². The van der Waals surface area contributed by atoms with E-state index in [1.54, 1.807) is 6.07 Å². The normalized spacial score (nSPS) is 10.6. The van der Waals surface area contributed by atoms with Gasteiger partial charge in [0.05, 0.1) is 12.5 Å². The molecule has 0 amide bonds. The van der Waals surface area contributed by atoms with Gasteiger partial charge in [-0.25, -0.2) is 0 Å². The van der Waals surface area contributed by atoms with E-state index in [2.05, 4.69) is 4.74 Å². The Kier molecular flexibility index (Phi) is 3.72. The first-order chi connectivity index (χ1) is 8.65. The number of benzene rings is 1. The third-order valence-electron chi connectivity index (χ3n) is 2.35. The molecule has 0 saturated carbocycles. The summed E-state index contributed by atoms with van der Waals surface area (Å²) in [5.41, 5.74) is 1.21. The minimum Gasteiger partial charge on any atom is -0.472 e. The highest BCUT2D eigenvalue weighted by Crippen LogP contribution is 2.16. The lowest BCUT2D eigenvalue weighted by Crippen LogP contribution is -2.04. The fourth-order valence-electron chi connectivity index (χ4n) is 1.50. The summed E-state index contributed by atoms with van der Waals surface area (Å²) in [7, 11) is 0. The van der Waals surface area contributed by atoms with Gasteiger partial charge in [-0.15, -0.1) is 0 Å². The average Bonchev–Trinajstić information content (AvgIpc) is 2.82. The Morgan fingerprint density at radius 2 is 1.94 bits per heavy atom. The molecule has 0 spiro atoms. The molecule has 1 aromatic carbocycles. The summed E-state index contributed by atoms with van der Waals surface area (Å²) in [6.45, 7) is -2.86. The number of hydrogen-bond acceptors (Lipinski definition) is 3. The van der Waals surface area contributed by atoms with Gasteiger partial charge in [-0.1, -0.05) is 0 Å². The Bertz CT molecular complexity index is 504. The van der Waals surface area contributed by atoms with Gasteiger partial charge in [0.1, 0.15) is 5.75 Å². The molecule has 94 valence electrons. The summed E-state index contributed by atoms with van der Waals surface area (Å²) in [4.78, 5) is 11.8. The van der Waals surface area contributed by atoms with Crippen molar-refractivity contribution in [3.63, 3.8) is 0 Å². The van der Waals surface area contributed by atoms with Crippen LogP contribution in [0.5, 0.6) is 5.75 Å². The monoisotopic (exact) mass is 252 g/mol. The molecule has 0 aliphatic carbocycles. The van der Waals surface area contributed by atoms with Crippen LogP contribution in [0, 0.1) is 0 Å². The molecule has 0 aliphatic heterocycles. The van der Waals surface area contributed by atoms with Gasteiger partial charge in [0.2, 0.25) is 0 Å². The number of carbonyl (C=O) groups excluding carboxylic acids is 1. The van der Waals surface area contributed by atoms with E-state index < -0.39 is 6.61 Å². The van der Waals surface area contributed by atoms with Crippen molar-refractivity contribution in [2.75, 3.05) is 0 Å². The number of alkyl halides is 2. The fraction of sp³-hybridized carbons (Fsp3) is 0.154. The zero-order valence-corrected chi connectivity index (χ0v) is 9.31. The molecule has 2 aromatic rings. The van der Waals surface area contributed by atoms with Gasteiger partial charge < -0.3 is 9.15 Å². The molecule has 5 heteroatoms. The predicted molar refractivity (Wildman–Crippen MR) is 59.8 cm³/mol. The zero-order chi connectivity index (χ0) is 13.0. The first-order valence-electron chi connectivity index (χ1n) is 5.24. The lowest BCUT2D eigenvalue weighted by molar-refractivity contribution is -0.0498. The Morgan fingerprint density at radius 3 is 2.50 bits per heavy atom. The van der Waals surface area contributed by atoms with Crippen molar-refractivity contribution in [3.05, 3.63) is 54.0 Å². The molecule has 0 N–H and O–H groups in total. The lowest BCUT2D eigenvalue weighted by atomic mass is 10.1. The van der Waals surface area contributed by atoms with Crippen molar-refractivity contribution in [1.82, 2.24) is 0 Å². The Morgan fingerprint density at radius 1 is 1.22 bits per heavy atom. The van der Waals surface area contributed by atoms with E-state index in [0.29, 0.717) is 5.56 Å². The van der Waals surface area contributed by atoms with E-state index in [9.17, 15) is 13.6 Å². The highest BCUT2D eigenvalue weighted by atomic mass is 19.3. The minimum absolute atomic E-state index is 0.0323. The molecule has 0 radical (unpaired) electrons.